The minimum atomic E-state index is 0.308. The first-order valence-electron chi connectivity index (χ1n) is 6.84. The summed E-state index contributed by atoms with van der Waals surface area (Å²) in [6, 6.07) is 14.0. The second-order valence-corrected chi connectivity index (χ2v) is 6.61. The number of nitrogens with one attached hydrogen (secondary N) is 1. The van der Waals surface area contributed by atoms with Crippen molar-refractivity contribution < 1.29 is 0 Å². The third kappa shape index (κ3) is 2.22. The molecule has 0 saturated carbocycles. The fraction of sp³-hybridized carbons (Fsp3) is 0.0625. The molecule has 0 aliphatic heterocycles. The summed E-state index contributed by atoms with van der Waals surface area (Å²) in [5.74, 6) is 0. The first-order chi connectivity index (χ1) is 11.2. The van der Waals surface area contributed by atoms with E-state index in [1.54, 1.807) is 11.3 Å². The maximum Gasteiger partial charge on any atom is 0.191 e. The number of halogens is 1. The van der Waals surface area contributed by atoms with Gasteiger partial charge in [-0.2, -0.15) is 15.6 Å². The zero-order chi connectivity index (χ0) is 16.0. The van der Waals surface area contributed by atoms with E-state index in [9.17, 15) is 0 Å². The third-order valence-corrected chi connectivity index (χ3v) is 5.10. The molecule has 0 radical (unpaired) electrons. The first-order valence-corrected chi connectivity index (χ1v) is 8.03. The van der Waals surface area contributed by atoms with Crippen LogP contribution in [-0.2, 0) is 7.05 Å². The fourth-order valence-electron chi connectivity index (χ4n) is 2.62. The highest BCUT2D eigenvalue weighted by Crippen LogP contribution is 2.37. The van der Waals surface area contributed by atoms with Crippen molar-refractivity contribution in [3.8, 4) is 27.2 Å². The van der Waals surface area contributed by atoms with Gasteiger partial charge in [0.15, 0.2) is 5.69 Å². The summed E-state index contributed by atoms with van der Waals surface area (Å²) in [7, 11) is 2.02. The van der Waals surface area contributed by atoms with E-state index in [-0.39, 0.29) is 0 Å². The van der Waals surface area contributed by atoms with E-state index in [0.29, 0.717) is 11.4 Å². The second kappa shape index (κ2) is 5.23. The molecule has 7 heteroatoms. The third-order valence-electron chi connectivity index (χ3n) is 3.75. The number of aromatic nitrogens is 4. The maximum absolute atomic E-state index is 9.07. The van der Waals surface area contributed by atoms with E-state index >= 15 is 0 Å². The molecule has 23 heavy (non-hydrogen) atoms. The van der Waals surface area contributed by atoms with Crippen LogP contribution in [0.15, 0.2) is 36.4 Å². The van der Waals surface area contributed by atoms with Gasteiger partial charge < -0.3 is 4.57 Å². The average molecular weight is 340 g/mol. The number of nitrogens with zero attached hydrogens (tertiary/aromatic N) is 4. The van der Waals surface area contributed by atoms with E-state index in [4.69, 9.17) is 16.9 Å². The molecule has 0 unspecified atom stereocenters. The Labute approximate surface area is 140 Å². The summed E-state index contributed by atoms with van der Waals surface area (Å²) < 4.78 is 2.12. The molecule has 0 bridgehead atoms. The van der Waals surface area contributed by atoms with Gasteiger partial charge in [-0.15, -0.1) is 16.4 Å². The second-order valence-electron chi connectivity index (χ2n) is 5.09. The number of H-pyrrole nitrogens is 1. The quantitative estimate of drug-likeness (QED) is 0.594. The van der Waals surface area contributed by atoms with Crippen LogP contribution in [0.2, 0.25) is 5.02 Å². The Hall–Kier alpha value is -2.62. The number of aromatic amines is 1. The van der Waals surface area contributed by atoms with Crippen molar-refractivity contribution in [3.05, 3.63) is 47.1 Å². The molecule has 5 nitrogen and oxygen atoms in total. The van der Waals surface area contributed by atoms with Crippen LogP contribution in [0.4, 0.5) is 0 Å². The number of fused-ring (bicyclic) bond motifs is 1. The lowest BCUT2D eigenvalue weighted by atomic mass is 10.2. The van der Waals surface area contributed by atoms with Crippen molar-refractivity contribution in [3.63, 3.8) is 0 Å². The average Bonchev–Trinajstić information content (AvgIpc) is 3.25. The van der Waals surface area contributed by atoms with Gasteiger partial charge in [0.1, 0.15) is 11.8 Å². The Morgan fingerprint density at radius 2 is 2.00 bits per heavy atom. The largest absolute Gasteiger partial charge is 0.343 e. The highest BCUT2D eigenvalue weighted by Gasteiger charge is 2.15. The highest BCUT2D eigenvalue weighted by atomic mass is 35.5. The SMILES string of the molecule is Cn1c(-c2ccc(-c3n[nH]nc3C#N)s2)cc2ccc(Cl)cc21. The van der Waals surface area contributed by atoms with Crippen molar-refractivity contribution in [2.75, 3.05) is 0 Å². The molecule has 0 aliphatic rings. The van der Waals surface area contributed by atoms with Gasteiger partial charge in [0.05, 0.1) is 15.4 Å². The predicted molar refractivity (Wildman–Crippen MR) is 91.3 cm³/mol. The molecule has 1 aromatic carbocycles. The number of nitriles is 1. The lowest BCUT2D eigenvalue weighted by Gasteiger charge is -2.01. The van der Waals surface area contributed by atoms with Crippen molar-refractivity contribution in [2.24, 2.45) is 7.05 Å². The van der Waals surface area contributed by atoms with Gasteiger partial charge in [0, 0.05) is 23.0 Å². The van der Waals surface area contributed by atoms with E-state index in [1.165, 1.54) is 0 Å². The molecule has 4 aromatic rings. The molecule has 4 rings (SSSR count). The summed E-state index contributed by atoms with van der Waals surface area (Å²) in [5, 5.41) is 21.3. The van der Waals surface area contributed by atoms with Crippen LogP contribution in [0.3, 0.4) is 0 Å². The van der Waals surface area contributed by atoms with E-state index in [1.807, 2.05) is 43.4 Å². The van der Waals surface area contributed by atoms with Crippen LogP contribution in [0, 0.1) is 11.3 Å². The number of benzene rings is 1. The van der Waals surface area contributed by atoms with Crippen LogP contribution >= 0.6 is 22.9 Å². The van der Waals surface area contributed by atoms with Crippen molar-refractivity contribution in [2.45, 2.75) is 0 Å². The van der Waals surface area contributed by atoms with Gasteiger partial charge in [-0.25, -0.2) is 0 Å². The van der Waals surface area contributed by atoms with Gasteiger partial charge in [-0.05, 0) is 30.3 Å². The molecule has 0 aliphatic carbocycles. The minimum absolute atomic E-state index is 0.308. The number of rotatable bonds is 2. The Bertz CT molecular complexity index is 1070. The molecule has 0 atom stereocenters. The van der Waals surface area contributed by atoms with Crippen LogP contribution < -0.4 is 0 Å². The predicted octanol–water partition coefficient (Wildman–Crippen LogP) is 4.22. The van der Waals surface area contributed by atoms with Crippen LogP contribution in [-0.4, -0.2) is 20.0 Å². The summed E-state index contributed by atoms with van der Waals surface area (Å²) in [4.78, 5) is 2.01. The van der Waals surface area contributed by atoms with E-state index < -0.39 is 0 Å². The van der Waals surface area contributed by atoms with E-state index in [2.05, 4.69) is 26.0 Å². The number of hydrogen-bond acceptors (Lipinski definition) is 4. The van der Waals surface area contributed by atoms with Gasteiger partial charge >= 0.3 is 0 Å². The Balaban J connectivity index is 1.84. The Kier molecular flexibility index (Phi) is 3.18. The molecular formula is C16H10ClN5S. The highest BCUT2D eigenvalue weighted by molar-refractivity contribution is 7.18. The molecule has 0 fully saturated rings. The monoisotopic (exact) mass is 339 g/mol. The van der Waals surface area contributed by atoms with Crippen LogP contribution in [0.25, 0.3) is 32.0 Å². The van der Waals surface area contributed by atoms with Crippen LogP contribution in [0.1, 0.15) is 5.69 Å². The van der Waals surface area contributed by atoms with E-state index in [0.717, 1.165) is 31.4 Å². The normalized spacial score (nSPS) is 11.0. The summed E-state index contributed by atoms with van der Waals surface area (Å²) >= 11 is 7.67. The molecule has 112 valence electrons. The molecule has 0 saturated heterocycles. The summed E-state index contributed by atoms with van der Waals surface area (Å²) in [5.41, 5.74) is 3.08. The van der Waals surface area contributed by atoms with Gasteiger partial charge in [0.25, 0.3) is 0 Å². The Morgan fingerprint density at radius 3 is 2.83 bits per heavy atom. The minimum Gasteiger partial charge on any atom is -0.343 e. The van der Waals surface area contributed by atoms with Crippen molar-refractivity contribution >= 4 is 33.8 Å². The summed E-state index contributed by atoms with van der Waals surface area (Å²) in [6.07, 6.45) is 0. The maximum atomic E-state index is 9.07. The molecule has 0 spiro atoms. The number of hydrogen-bond donors (Lipinski definition) is 1. The van der Waals surface area contributed by atoms with Gasteiger partial charge in [0.2, 0.25) is 0 Å². The molecule has 3 heterocycles. The van der Waals surface area contributed by atoms with Gasteiger partial charge in [-0.3, -0.25) is 0 Å². The molecular weight excluding hydrogens is 330 g/mol. The smallest absolute Gasteiger partial charge is 0.191 e. The number of thiophene rings is 1. The van der Waals surface area contributed by atoms with Crippen LogP contribution in [0.5, 0.6) is 0 Å². The standard InChI is InChI=1S/C16H10ClN5S/c1-22-12-7-10(17)3-2-9(12)6-13(22)14-4-5-15(23-14)16-11(8-18)19-21-20-16/h2-7H,1H3,(H,19,20,21). The lowest BCUT2D eigenvalue weighted by molar-refractivity contribution is 0.937. The molecule has 0 amide bonds. The summed E-state index contributed by atoms with van der Waals surface area (Å²) in [6.45, 7) is 0. The Morgan fingerprint density at radius 1 is 1.17 bits per heavy atom. The topological polar surface area (TPSA) is 70.3 Å². The fourth-order valence-corrected chi connectivity index (χ4v) is 3.84. The number of aryl methyl sites for hydroxylation is 1. The zero-order valence-corrected chi connectivity index (χ0v) is 13.6. The zero-order valence-electron chi connectivity index (χ0n) is 12.0. The lowest BCUT2D eigenvalue weighted by Crippen LogP contribution is -1.89. The van der Waals surface area contributed by atoms with Crippen molar-refractivity contribution in [1.29, 1.82) is 5.26 Å². The molecule has 3 aromatic heterocycles. The van der Waals surface area contributed by atoms with Gasteiger partial charge in [-0.1, -0.05) is 17.7 Å². The molecule has 1 N–H and O–H groups in total. The first kappa shape index (κ1) is 14.0. The van der Waals surface area contributed by atoms with Crippen molar-refractivity contribution in [1.82, 2.24) is 20.0 Å².